The average molecular weight is 344 g/mol. The Morgan fingerprint density at radius 3 is 1.60 bits per heavy atom. The second kappa shape index (κ2) is 8.36. The molecule has 0 amide bonds. The maximum atomic E-state index is 5.79. The molecule has 0 bridgehead atoms. The third-order valence-electron chi connectivity index (χ3n) is 2.69. The summed E-state index contributed by atoms with van der Waals surface area (Å²) >= 11 is -1.41. The molecule has 9 heteroatoms. The van der Waals surface area contributed by atoms with Gasteiger partial charge in [-0.15, -0.1) is 0 Å². The van der Waals surface area contributed by atoms with Crippen molar-refractivity contribution in [1.82, 2.24) is 0 Å². The van der Waals surface area contributed by atoms with Gasteiger partial charge in [0.2, 0.25) is 0 Å². The molecule has 0 aliphatic rings. The summed E-state index contributed by atoms with van der Waals surface area (Å²) in [5.74, 6) is 0. The molecule has 0 heterocycles. The van der Waals surface area contributed by atoms with Gasteiger partial charge in [0.05, 0.1) is 0 Å². The minimum atomic E-state index is -1.41. The number of hydrogen-bond donors (Lipinski definition) is 0. The van der Waals surface area contributed by atoms with Gasteiger partial charge in [-0.1, -0.05) is 0 Å². The molecule has 15 heavy (non-hydrogen) atoms. The Kier molecular flexibility index (Phi) is 9.05. The molecule has 0 atom stereocenters. The first-order valence-electron chi connectivity index (χ1n) is 5.17. The molecule has 91 valence electrons. The topological polar surface area (TPSA) is 36.9 Å². The van der Waals surface area contributed by atoms with E-state index in [-0.39, 0.29) is 6.29 Å². The second-order valence-electron chi connectivity index (χ2n) is 3.19. The molecule has 0 aromatic rings. The molecule has 0 aromatic carbocycles. The molecule has 0 rings (SSSR count). The van der Waals surface area contributed by atoms with Crippen LogP contribution in [-0.2, 0) is 17.7 Å². The normalized spacial score (nSPS) is 18.6. The van der Waals surface area contributed by atoms with Crippen molar-refractivity contribution in [3.63, 3.8) is 0 Å². The van der Waals surface area contributed by atoms with Gasteiger partial charge in [0.15, 0.2) is 0 Å². The molecule has 4 nitrogen and oxygen atoms in total. The van der Waals surface area contributed by atoms with Crippen LogP contribution in [0.2, 0.25) is 10.5 Å². The van der Waals surface area contributed by atoms with Crippen LogP contribution in [0.25, 0.3) is 0 Å². The van der Waals surface area contributed by atoms with Gasteiger partial charge in [-0.2, -0.15) is 0 Å². The molecule has 0 N–H and O–H groups in total. The summed E-state index contributed by atoms with van der Waals surface area (Å²) in [6.07, 6.45) is -0.249. The predicted molar refractivity (Wildman–Crippen MR) is 77.3 cm³/mol. The monoisotopic (exact) mass is 345 g/mol. The average Bonchev–Trinajstić information content (AvgIpc) is 2.29. The van der Waals surface area contributed by atoms with Crippen LogP contribution in [0, 0.1) is 0 Å². The Morgan fingerprint density at radius 2 is 1.40 bits per heavy atom. The molecule has 0 saturated carbocycles. The summed E-state index contributed by atoms with van der Waals surface area (Å²) in [5.41, 5.74) is 0. The van der Waals surface area contributed by atoms with Crippen LogP contribution < -0.4 is 0 Å². The van der Waals surface area contributed by atoms with Crippen LogP contribution in [0.4, 0.5) is 0 Å². The Bertz CT molecular complexity index is 149. The van der Waals surface area contributed by atoms with E-state index in [0.717, 1.165) is 0 Å². The molecule has 0 unspecified atom stereocenters. The fourth-order valence-electron chi connectivity index (χ4n) is 1.88. The molecule has 0 aliphatic heterocycles. The van der Waals surface area contributed by atoms with Crippen LogP contribution >= 0.6 is 0 Å². The zero-order valence-electron chi connectivity index (χ0n) is 10.6. The Morgan fingerprint density at radius 1 is 1.00 bits per heavy atom. The van der Waals surface area contributed by atoms with Gasteiger partial charge in [0, 0.05) is 0 Å². The van der Waals surface area contributed by atoms with Crippen LogP contribution in [0.1, 0.15) is 13.8 Å². The summed E-state index contributed by atoms with van der Waals surface area (Å²) < 4.78 is 22.2. The van der Waals surface area contributed by atoms with Crippen molar-refractivity contribution in [2.24, 2.45) is 0 Å². The van der Waals surface area contributed by atoms with Crippen molar-refractivity contribution in [3.05, 3.63) is 0 Å². The van der Waals surface area contributed by atoms with Crippen LogP contribution in [0.15, 0.2) is 0 Å². The van der Waals surface area contributed by atoms with E-state index in [0.29, 0.717) is 41.9 Å². The zero-order valence-corrected chi connectivity index (χ0v) is 20.7. The molecular formula is C6H23GeO4Si4. The molecule has 0 fully saturated rings. The Labute approximate surface area is 109 Å². The first-order chi connectivity index (χ1) is 7.16. The van der Waals surface area contributed by atoms with E-state index in [4.69, 9.17) is 17.7 Å². The first kappa shape index (κ1) is 16.3. The summed E-state index contributed by atoms with van der Waals surface area (Å²) in [4.78, 5) is 0. The minimum absolute atomic E-state index is 0.249. The summed E-state index contributed by atoms with van der Waals surface area (Å²) in [7, 11) is 2.69. The number of hydrogen-bond acceptors (Lipinski definition) is 4. The third-order valence-corrected chi connectivity index (χ3v) is 13.5. The van der Waals surface area contributed by atoms with Crippen molar-refractivity contribution in [2.75, 3.05) is 0 Å². The molecule has 0 aliphatic carbocycles. The maximum absolute atomic E-state index is 5.79. The van der Waals surface area contributed by atoms with Crippen molar-refractivity contribution in [2.45, 2.75) is 35.3 Å². The van der Waals surface area contributed by atoms with E-state index in [9.17, 15) is 0 Å². The number of rotatable bonds is 8. The van der Waals surface area contributed by atoms with Crippen molar-refractivity contribution in [3.8, 4) is 0 Å². The summed E-state index contributed by atoms with van der Waals surface area (Å²) in [6, 6.07) is 0. The van der Waals surface area contributed by atoms with Gasteiger partial charge < -0.3 is 0 Å². The van der Waals surface area contributed by atoms with Gasteiger partial charge in [-0.25, -0.2) is 0 Å². The van der Waals surface area contributed by atoms with Gasteiger partial charge >= 0.3 is 109 Å². The van der Waals surface area contributed by atoms with Gasteiger partial charge in [0.25, 0.3) is 0 Å². The molecule has 0 spiro atoms. The van der Waals surface area contributed by atoms with Gasteiger partial charge in [0.1, 0.15) is 0 Å². The molecule has 1 radical (unpaired) electrons. The van der Waals surface area contributed by atoms with Crippen LogP contribution in [-0.4, -0.2) is 67.2 Å². The zero-order chi connectivity index (χ0) is 11.9. The van der Waals surface area contributed by atoms with Gasteiger partial charge in [-0.3, -0.25) is 0 Å². The molecule has 0 saturated heterocycles. The Balaban J connectivity index is 4.98. The van der Waals surface area contributed by atoms with Crippen molar-refractivity contribution < 1.29 is 17.7 Å². The molecule has 0 aromatic heterocycles. The third kappa shape index (κ3) is 3.61. The van der Waals surface area contributed by atoms with Crippen LogP contribution in [0.3, 0.4) is 0 Å². The van der Waals surface area contributed by atoms with E-state index in [2.05, 4.69) is 13.8 Å². The van der Waals surface area contributed by atoms with Crippen molar-refractivity contribution >= 4 is 56.3 Å². The first-order valence-corrected chi connectivity index (χ1v) is 12.5. The summed E-state index contributed by atoms with van der Waals surface area (Å²) in [6.45, 7) is 4.46. The quantitative estimate of drug-likeness (QED) is 0.335. The SMILES string of the molecule is C[CH2][Ge]([CH2]C)[C](O[SiH3])(O[SiH3])C(O[SiH3])O[SiH3]. The summed E-state index contributed by atoms with van der Waals surface area (Å²) in [5, 5.41) is 2.38. The van der Waals surface area contributed by atoms with E-state index in [1.165, 1.54) is 10.5 Å². The van der Waals surface area contributed by atoms with Crippen LogP contribution in [0.5, 0.6) is 0 Å². The van der Waals surface area contributed by atoms with Gasteiger partial charge in [-0.05, 0) is 0 Å². The fraction of sp³-hybridized carbons (Fsp3) is 1.00. The fourth-order valence-corrected chi connectivity index (χ4v) is 13.8. The molecular weight excluding hydrogens is 321 g/mol. The van der Waals surface area contributed by atoms with E-state index >= 15 is 0 Å². The Hall–Kier alpha value is 1.25. The van der Waals surface area contributed by atoms with E-state index < -0.39 is 19.0 Å². The predicted octanol–water partition coefficient (Wildman–Crippen LogP) is -3.73. The standard InChI is InChI=1S/C6H23GeO4Si4/c1-3-7(4-2)6(10-14,11-15)5(8-12)9-13/h5H,3-4H2,1-2,12-15H3. The van der Waals surface area contributed by atoms with E-state index in [1.54, 1.807) is 0 Å². The second-order valence-corrected chi connectivity index (χ2v) is 11.9. The van der Waals surface area contributed by atoms with Crippen molar-refractivity contribution in [1.29, 1.82) is 0 Å². The van der Waals surface area contributed by atoms with E-state index in [1.807, 2.05) is 0 Å².